The maximum absolute atomic E-state index is 12.5. The fraction of sp³-hybridized carbons (Fsp3) is 0.786. The fourth-order valence-electron chi connectivity index (χ4n) is 2.71. The Balaban J connectivity index is 2.04. The van der Waals surface area contributed by atoms with E-state index in [0.717, 1.165) is 32.2 Å². The lowest BCUT2D eigenvalue weighted by Gasteiger charge is -2.34. The molecule has 1 aromatic heterocycles. The van der Waals surface area contributed by atoms with Crippen LogP contribution in [0.1, 0.15) is 52.0 Å². The summed E-state index contributed by atoms with van der Waals surface area (Å²) in [5.41, 5.74) is 1.01. The minimum atomic E-state index is -3.52. The molecular weight excluding hydrogens is 288 g/mol. The number of aromatic nitrogens is 2. The lowest BCUT2D eigenvalue weighted by atomic mass is 9.76. The lowest BCUT2D eigenvalue weighted by Crippen LogP contribution is -2.39. The molecule has 1 aliphatic carbocycles. The average molecular weight is 314 g/mol. The largest absolute Gasteiger partial charge is 0.313 e. The van der Waals surface area contributed by atoms with Gasteiger partial charge in [0.2, 0.25) is 0 Å². The highest BCUT2D eigenvalue weighted by atomic mass is 32.2. The molecule has 0 atom stereocenters. The van der Waals surface area contributed by atoms with E-state index < -0.39 is 10.0 Å². The number of nitrogens with one attached hydrogen (secondary N) is 3. The van der Waals surface area contributed by atoms with E-state index in [2.05, 4.69) is 34.1 Å². The van der Waals surface area contributed by atoms with Crippen LogP contribution in [0.5, 0.6) is 0 Å². The van der Waals surface area contributed by atoms with Crippen LogP contribution in [-0.4, -0.2) is 31.2 Å². The Kier molecular flexibility index (Phi) is 5.06. The van der Waals surface area contributed by atoms with Crippen molar-refractivity contribution in [3.63, 3.8) is 0 Å². The standard InChI is InChI=1S/C14H26N4O2S/c1-4-15-9-11-10-16-17-13(11)21(19,20)18-12-5-7-14(2,3)8-6-12/h10,12,15,18H,4-9H2,1-3H3,(H,16,17). The van der Waals surface area contributed by atoms with E-state index in [1.54, 1.807) is 6.20 Å². The van der Waals surface area contributed by atoms with Gasteiger partial charge < -0.3 is 5.32 Å². The first-order valence-corrected chi connectivity index (χ1v) is 9.08. The predicted octanol–water partition coefficient (Wildman–Crippen LogP) is 1.77. The number of rotatable bonds is 6. The van der Waals surface area contributed by atoms with Crippen LogP contribution in [0.2, 0.25) is 0 Å². The van der Waals surface area contributed by atoms with Gasteiger partial charge in [-0.25, -0.2) is 13.1 Å². The van der Waals surface area contributed by atoms with Gasteiger partial charge in [0, 0.05) is 18.2 Å². The molecule has 2 rings (SSSR count). The molecule has 0 bridgehead atoms. The van der Waals surface area contributed by atoms with Crippen LogP contribution in [0.3, 0.4) is 0 Å². The number of hydrogen-bond acceptors (Lipinski definition) is 4. The zero-order chi connectivity index (χ0) is 15.5. The van der Waals surface area contributed by atoms with Crippen molar-refractivity contribution in [1.29, 1.82) is 0 Å². The van der Waals surface area contributed by atoms with Gasteiger partial charge in [-0.2, -0.15) is 5.10 Å². The van der Waals surface area contributed by atoms with Crippen LogP contribution in [-0.2, 0) is 16.6 Å². The lowest BCUT2D eigenvalue weighted by molar-refractivity contribution is 0.218. The molecule has 120 valence electrons. The third-order valence-electron chi connectivity index (χ3n) is 4.17. The Bertz CT molecular complexity index is 555. The van der Waals surface area contributed by atoms with E-state index in [1.807, 2.05) is 6.92 Å². The maximum atomic E-state index is 12.5. The summed E-state index contributed by atoms with van der Waals surface area (Å²) in [6, 6.07) is 0.0262. The van der Waals surface area contributed by atoms with E-state index in [0.29, 0.717) is 17.5 Å². The Morgan fingerprint density at radius 1 is 1.38 bits per heavy atom. The third-order valence-corrected chi connectivity index (χ3v) is 5.71. The predicted molar refractivity (Wildman–Crippen MR) is 82.3 cm³/mol. The van der Waals surface area contributed by atoms with Crippen LogP contribution in [0, 0.1) is 5.41 Å². The number of hydrogen-bond donors (Lipinski definition) is 3. The van der Waals surface area contributed by atoms with Crippen molar-refractivity contribution in [3.05, 3.63) is 11.8 Å². The number of H-pyrrole nitrogens is 1. The molecule has 6 nitrogen and oxygen atoms in total. The average Bonchev–Trinajstić information content (AvgIpc) is 2.88. The Hall–Kier alpha value is -0.920. The second-order valence-electron chi connectivity index (χ2n) is 6.56. The minimum absolute atomic E-state index is 0.0262. The molecular formula is C14H26N4O2S. The normalized spacial score (nSPS) is 19.8. The summed E-state index contributed by atoms with van der Waals surface area (Å²) < 4.78 is 27.8. The van der Waals surface area contributed by atoms with Crippen LogP contribution >= 0.6 is 0 Å². The molecule has 1 aromatic rings. The summed E-state index contributed by atoms with van der Waals surface area (Å²) in [6.07, 6.45) is 5.45. The van der Waals surface area contributed by atoms with Gasteiger partial charge >= 0.3 is 0 Å². The summed E-state index contributed by atoms with van der Waals surface area (Å²) in [6.45, 7) is 7.75. The van der Waals surface area contributed by atoms with Crippen molar-refractivity contribution in [2.75, 3.05) is 6.54 Å². The molecule has 0 spiro atoms. The second kappa shape index (κ2) is 6.46. The molecule has 1 heterocycles. The third kappa shape index (κ3) is 4.28. The molecule has 0 aromatic carbocycles. The molecule has 3 N–H and O–H groups in total. The van der Waals surface area contributed by atoms with Gasteiger partial charge in [0.15, 0.2) is 5.03 Å². The van der Waals surface area contributed by atoms with Crippen LogP contribution in [0.15, 0.2) is 11.2 Å². The van der Waals surface area contributed by atoms with Crippen LogP contribution < -0.4 is 10.0 Å². The fourth-order valence-corrected chi connectivity index (χ4v) is 4.15. The molecule has 0 radical (unpaired) electrons. The molecule has 7 heteroatoms. The summed E-state index contributed by atoms with van der Waals surface area (Å²) in [5.74, 6) is 0. The second-order valence-corrected chi connectivity index (χ2v) is 8.22. The van der Waals surface area contributed by atoms with Gasteiger partial charge in [0.25, 0.3) is 10.0 Å². The molecule has 0 aliphatic heterocycles. The Labute approximate surface area is 127 Å². The van der Waals surface area contributed by atoms with E-state index >= 15 is 0 Å². The number of aromatic amines is 1. The van der Waals surface area contributed by atoms with E-state index in [4.69, 9.17) is 0 Å². The SMILES string of the molecule is CCNCc1cn[nH]c1S(=O)(=O)NC1CCC(C)(C)CC1. The van der Waals surface area contributed by atoms with Crippen molar-refractivity contribution in [2.45, 2.75) is 64.1 Å². The molecule has 1 saturated carbocycles. The first kappa shape index (κ1) is 16.5. The summed E-state index contributed by atoms with van der Waals surface area (Å²) in [7, 11) is -3.52. The van der Waals surface area contributed by atoms with Gasteiger partial charge in [-0.1, -0.05) is 20.8 Å². The topological polar surface area (TPSA) is 86.9 Å². The highest BCUT2D eigenvalue weighted by Gasteiger charge is 2.30. The molecule has 1 fully saturated rings. The highest BCUT2D eigenvalue weighted by molar-refractivity contribution is 7.89. The summed E-state index contributed by atoms with van der Waals surface area (Å²) in [5, 5.41) is 9.81. The maximum Gasteiger partial charge on any atom is 0.258 e. The first-order valence-electron chi connectivity index (χ1n) is 7.59. The quantitative estimate of drug-likeness (QED) is 0.747. The Morgan fingerprint density at radius 3 is 2.67 bits per heavy atom. The molecule has 0 saturated heterocycles. The van der Waals surface area contributed by atoms with Crippen molar-refractivity contribution >= 4 is 10.0 Å². The molecule has 0 amide bonds. The van der Waals surface area contributed by atoms with Gasteiger partial charge in [0.05, 0.1) is 6.20 Å². The van der Waals surface area contributed by atoms with Crippen molar-refractivity contribution in [2.24, 2.45) is 5.41 Å². The highest BCUT2D eigenvalue weighted by Crippen LogP contribution is 2.35. The van der Waals surface area contributed by atoms with E-state index in [9.17, 15) is 8.42 Å². The zero-order valence-electron chi connectivity index (χ0n) is 13.1. The van der Waals surface area contributed by atoms with Gasteiger partial charge in [-0.15, -0.1) is 0 Å². The van der Waals surface area contributed by atoms with Crippen LogP contribution in [0.25, 0.3) is 0 Å². The van der Waals surface area contributed by atoms with Crippen molar-refractivity contribution < 1.29 is 8.42 Å². The van der Waals surface area contributed by atoms with E-state index in [-0.39, 0.29) is 11.1 Å². The van der Waals surface area contributed by atoms with Gasteiger partial charge in [-0.05, 0) is 37.6 Å². The molecule has 21 heavy (non-hydrogen) atoms. The first-order chi connectivity index (χ1) is 9.84. The summed E-state index contributed by atoms with van der Waals surface area (Å²) >= 11 is 0. The van der Waals surface area contributed by atoms with E-state index in [1.165, 1.54) is 0 Å². The number of nitrogens with zero attached hydrogens (tertiary/aromatic N) is 1. The zero-order valence-corrected chi connectivity index (χ0v) is 13.9. The summed E-state index contributed by atoms with van der Waals surface area (Å²) in [4.78, 5) is 0. The van der Waals surface area contributed by atoms with Crippen LogP contribution in [0.4, 0.5) is 0 Å². The molecule has 0 unspecified atom stereocenters. The van der Waals surface area contributed by atoms with Gasteiger partial charge in [0.1, 0.15) is 0 Å². The molecule has 1 aliphatic rings. The number of sulfonamides is 1. The minimum Gasteiger partial charge on any atom is -0.313 e. The monoisotopic (exact) mass is 314 g/mol. The Morgan fingerprint density at radius 2 is 2.05 bits per heavy atom. The smallest absolute Gasteiger partial charge is 0.258 e. The van der Waals surface area contributed by atoms with Gasteiger partial charge in [-0.3, -0.25) is 5.10 Å². The van der Waals surface area contributed by atoms with Crippen molar-refractivity contribution in [3.8, 4) is 0 Å². The van der Waals surface area contributed by atoms with Crippen molar-refractivity contribution in [1.82, 2.24) is 20.2 Å².